The minimum atomic E-state index is 0.673. The summed E-state index contributed by atoms with van der Waals surface area (Å²) in [4.78, 5) is 10.2. The van der Waals surface area contributed by atoms with Crippen LogP contribution in [0.4, 0.5) is 0 Å². The second-order valence-corrected chi connectivity index (χ2v) is 6.02. The number of imidazole rings is 1. The normalized spacial score (nSPS) is 21.1. The zero-order valence-corrected chi connectivity index (χ0v) is 12.3. The lowest BCUT2D eigenvalue weighted by molar-refractivity contribution is 0.195. The molecule has 0 aliphatic carbocycles. The van der Waals surface area contributed by atoms with Gasteiger partial charge in [-0.3, -0.25) is 0 Å². The number of aromatic amines is 1. The van der Waals surface area contributed by atoms with Crippen molar-refractivity contribution in [3.8, 4) is 0 Å². The number of nitrogens with one attached hydrogen (secondary N) is 1. The average molecular weight is 276 g/mol. The maximum absolute atomic E-state index is 5.46. The van der Waals surface area contributed by atoms with Crippen molar-refractivity contribution >= 4 is 23.4 Å². The summed E-state index contributed by atoms with van der Waals surface area (Å²) < 4.78 is 2.96. The maximum atomic E-state index is 5.46. The molecule has 0 amide bonds. The van der Waals surface area contributed by atoms with Crippen LogP contribution in [0.5, 0.6) is 0 Å². The Balaban J connectivity index is 1.94. The number of aromatic nitrogens is 3. The highest BCUT2D eigenvalue weighted by Crippen LogP contribution is 2.21. The molecule has 1 fully saturated rings. The first-order chi connectivity index (χ1) is 9.15. The lowest BCUT2D eigenvalue weighted by Crippen LogP contribution is -2.34. The van der Waals surface area contributed by atoms with Crippen LogP contribution in [0, 0.1) is 17.6 Å². The number of hydrogen-bond acceptors (Lipinski definition) is 3. The Labute approximate surface area is 118 Å². The highest BCUT2D eigenvalue weighted by molar-refractivity contribution is 7.71. The molecule has 2 aromatic heterocycles. The zero-order chi connectivity index (χ0) is 13.4. The maximum Gasteiger partial charge on any atom is 0.179 e. The molecule has 1 saturated heterocycles. The van der Waals surface area contributed by atoms with Gasteiger partial charge in [-0.2, -0.15) is 0 Å². The van der Waals surface area contributed by atoms with Crippen molar-refractivity contribution in [1.29, 1.82) is 0 Å². The van der Waals surface area contributed by atoms with Gasteiger partial charge in [-0.15, -0.1) is 0 Å². The first kappa shape index (κ1) is 12.8. The topological polar surface area (TPSA) is 36.9 Å². The molecule has 19 heavy (non-hydrogen) atoms. The fourth-order valence-electron chi connectivity index (χ4n) is 3.02. The molecule has 3 heterocycles. The lowest BCUT2D eigenvalue weighted by Gasteiger charge is -2.29. The van der Waals surface area contributed by atoms with Crippen LogP contribution in [0.2, 0.25) is 0 Å². The summed E-state index contributed by atoms with van der Waals surface area (Å²) in [6.07, 6.45) is 4.43. The molecule has 1 unspecified atom stereocenters. The Kier molecular flexibility index (Phi) is 3.41. The van der Waals surface area contributed by atoms with E-state index >= 15 is 0 Å². The largest absolute Gasteiger partial charge is 0.329 e. The van der Waals surface area contributed by atoms with E-state index in [-0.39, 0.29) is 0 Å². The zero-order valence-electron chi connectivity index (χ0n) is 11.5. The molecule has 1 aliphatic heterocycles. The molecule has 0 spiro atoms. The predicted octanol–water partition coefficient (Wildman–Crippen LogP) is 2.74. The fourth-order valence-corrected chi connectivity index (χ4v) is 3.29. The SMILES string of the molecule is Cc1ccnc2c1[nH]c(=S)n2CC1CCCN(C)C1. The lowest BCUT2D eigenvalue weighted by atomic mass is 9.98. The second kappa shape index (κ2) is 5.06. The first-order valence-corrected chi connectivity index (χ1v) is 7.28. The van der Waals surface area contributed by atoms with E-state index < -0.39 is 0 Å². The number of nitrogens with zero attached hydrogens (tertiary/aromatic N) is 3. The van der Waals surface area contributed by atoms with E-state index in [9.17, 15) is 0 Å². The van der Waals surface area contributed by atoms with Gasteiger partial charge in [0, 0.05) is 19.3 Å². The Morgan fingerprint density at radius 1 is 1.53 bits per heavy atom. The fraction of sp³-hybridized carbons (Fsp3) is 0.571. The smallest absolute Gasteiger partial charge is 0.179 e. The molecule has 102 valence electrons. The summed E-state index contributed by atoms with van der Waals surface area (Å²) in [5, 5.41) is 0. The van der Waals surface area contributed by atoms with Gasteiger partial charge >= 0.3 is 0 Å². The molecule has 1 atom stereocenters. The molecule has 0 radical (unpaired) electrons. The van der Waals surface area contributed by atoms with Gasteiger partial charge in [-0.25, -0.2) is 4.98 Å². The van der Waals surface area contributed by atoms with Crippen LogP contribution in [0.15, 0.2) is 12.3 Å². The predicted molar refractivity (Wildman–Crippen MR) is 79.9 cm³/mol. The Morgan fingerprint density at radius 2 is 2.37 bits per heavy atom. The number of piperidine rings is 1. The van der Waals surface area contributed by atoms with Crippen LogP contribution < -0.4 is 0 Å². The van der Waals surface area contributed by atoms with Crippen molar-refractivity contribution < 1.29 is 0 Å². The van der Waals surface area contributed by atoms with E-state index in [0.29, 0.717) is 5.92 Å². The molecule has 1 aliphatic rings. The van der Waals surface area contributed by atoms with Gasteiger partial charge in [-0.1, -0.05) is 0 Å². The Bertz CT molecular complexity index is 642. The highest BCUT2D eigenvalue weighted by Gasteiger charge is 2.19. The van der Waals surface area contributed by atoms with Crippen molar-refractivity contribution in [3.05, 3.63) is 22.6 Å². The quantitative estimate of drug-likeness (QED) is 0.857. The summed E-state index contributed by atoms with van der Waals surface area (Å²) in [5.41, 5.74) is 3.28. The van der Waals surface area contributed by atoms with Crippen LogP contribution in [0.3, 0.4) is 0 Å². The third kappa shape index (κ3) is 2.44. The number of fused-ring (bicyclic) bond motifs is 1. The van der Waals surface area contributed by atoms with Crippen LogP contribution in [0.1, 0.15) is 18.4 Å². The molecule has 3 rings (SSSR count). The molecular weight excluding hydrogens is 256 g/mol. The molecular formula is C14H20N4S. The third-order valence-corrected chi connectivity index (χ3v) is 4.36. The van der Waals surface area contributed by atoms with Crippen LogP contribution in [-0.4, -0.2) is 39.6 Å². The number of hydrogen-bond donors (Lipinski definition) is 1. The molecule has 2 aromatic rings. The summed E-state index contributed by atoms with van der Waals surface area (Å²) in [6, 6.07) is 2.02. The van der Waals surface area contributed by atoms with Gasteiger partial charge in [0.1, 0.15) is 0 Å². The molecule has 5 heteroatoms. The average Bonchev–Trinajstić information content (AvgIpc) is 2.69. The third-order valence-electron chi connectivity index (χ3n) is 4.03. The highest BCUT2D eigenvalue weighted by atomic mass is 32.1. The summed E-state index contributed by atoms with van der Waals surface area (Å²) in [6.45, 7) is 5.43. The van der Waals surface area contributed by atoms with E-state index in [2.05, 4.69) is 33.4 Å². The molecule has 1 N–H and O–H groups in total. The van der Waals surface area contributed by atoms with E-state index in [1.165, 1.54) is 24.9 Å². The molecule has 4 nitrogen and oxygen atoms in total. The van der Waals surface area contributed by atoms with E-state index in [0.717, 1.165) is 29.0 Å². The van der Waals surface area contributed by atoms with Crippen molar-refractivity contribution in [3.63, 3.8) is 0 Å². The number of pyridine rings is 1. The first-order valence-electron chi connectivity index (χ1n) is 6.88. The van der Waals surface area contributed by atoms with Crippen LogP contribution in [-0.2, 0) is 6.54 Å². The Hall–Kier alpha value is -1.20. The standard InChI is InChI=1S/C14H20N4S/c1-10-5-6-15-13-12(10)16-14(19)18(13)9-11-4-3-7-17(2)8-11/h5-6,11H,3-4,7-9H2,1-2H3,(H,16,19). The Morgan fingerprint density at radius 3 is 3.16 bits per heavy atom. The van der Waals surface area contributed by atoms with Crippen molar-refractivity contribution in [2.45, 2.75) is 26.3 Å². The van der Waals surface area contributed by atoms with Gasteiger partial charge in [0.25, 0.3) is 0 Å². The summed E-state index contributed by atoms with van der Waals surface area (Å²) in [7, 11) is 2.20. The number of H-pyrrole nitrogens is 1. The van der Waals surface area contributed by atoms with Gasteiger partial charge in [0.15, 0.2) is 10.4 Å². The van der Waals surface area contributed by atoms with Gasteiger partial charge < -0.3 is 14.5 Å². The number of likely N-dealkylation sites (tertiary alicyclic amines) is 1. The van der Waals surface area contributed by atoms with Crippen molar-refractivity contribution in [1.82, 2.24) is 19.4 Å². The van der Waals surface area contributed by atoms with Gasteiger partial charge in [-0.05, 0) is 63.1 Å². The molecule has 0 saturated carbocycles. The van der Waals surface area contributed by atoms with Gasteiger partial charge in [0.05, 0.1) is 5.52 Å². The van der Waals surface area contributed by atoms with E-state index in [1.54, 1.807) is 0 Å². The summed E-state index contributed by atoms with van der Waals surface area (Å²) in [5.74, 6) is 0.673. The van der Waals surface area contributed by atoms with Crippen molar-refractivity contribution in [2.75, 3.05) is 20.1 Å². The molecule has 0 aromatic carbocycles. The van der Waals surface area contributed by atoms with E-state index in [4.69, 9.17) is 12.2 Å². The van der Waals surface area contributed by atoms with Gasteiger partial charge in [0.2, 0.25) is 0 Å². The minimum absolute atomic E-state index is 0.673. The van der Waals surface area contributed by atoms with E-state index in [1.807, 2.05) is 12.3 Å². The minimum Gasteiger partial charge on any atom is -0.329 e. The van der Waals surface area contributed by atoms with Crippen LogP contribution in [0.25, 0.3) is 11.2 Å². The number of rotatable bonds is 2. The summed E-state index contributed by atoms with van der Waals surface area (Å²) >= 11 is 5.46. The number of aryl methyl sites for hydroxylation is 1. The second-order valence-electron chi connectivity index (χ2n) is 5.64. The van der Waals surface area contributed by atoms with Crippen molar-refractivity contribution in [2.24, 2.45) is 5.92 Å². The van der Waals surface area contributed by atoms with Crippen LogP contribution >= 0.6 is 12.2 Å². The monoisotopic (exact) mass is 276 g/mol. The molecule has 0 bridgehead atoms.